The first-order valence-electron chi connectivity index (χ1n) is 6.87. The zero-order valence-electron chi connectivity index (χ0n) is 11.7. The summed E-state index contributed by atoms with van der Waals surface area (Å²) in [4.78, 5) is 16.9. The minimum absolute atomic E-state index is 0.161. The van der Waals surface area contributed by atoms with E-state index >= 15 is 0 Å². The van der Waals surface area contributed by atoms with Gasteiger partial charge >= 0.3 is 0 Å². The van der Waals surface area contributed by atoms with E-state index in [9.17, 15) is 4.79 Å². The molecule has 2 N–H and O–H groups in total. The van der Waals surface area contributed by atoms with Crippen LogP contribution in [0, 0.1) is 0 Å². The van der Waals surface area contributed by atoms with Gasteiger partial charge in [0.05, 0.1) is 5.92 Å². The number of hydrogen-bond donors (Lipinski definition) is 1. The van der Waals surface area contributed by atoms with Crippen molar-refractivity contribution < 1.29 is 4.79 Å². The number of rotatable bonds is 3. The average molecular weight is 261 g/mol. The first-order valence-corrected chi connectivity index (χ1v) is 6.87. The van der Waals surface area contributed by atoms with Crippen LogP contribution in [0.15, 0.2) is 30.3 Å². The molecule has 1 aromatic carbocycles. The normalized spacial score (nSPS) is 22.3. The molecule has 1 fully saturated rings. The monoisotopic (exact) mass is 261 g/mol. The highest BCUT2D eigenvalue weighted by molar-refractivity contribution is 5.84. The number of nitrogens with zero attached hydrogens (tertiary/aromatic N) is 2. The lowest BCUT2D eigenvalue weighted by Crippen LogP contribution is -2.54. The average Bonchev–Trinajstić information content (AvgIpc) is 2.40. The highest BCUT2D eigenvalue weighted by atomic mass is 16.2. The maximum absolute atomic E-state index is 12.7. The lowest BCUT2D eigenvalue weighted by molar-refractivity contribution is -0.136. The second-order valence-electron chi connectivity index (χ2n) is 5.34. The number of amides is 1. The molecule has 2 unspecified atom stereocenters. The predicted octanol–water partition coefficient (Wildman–Crippen LogP) is 0.891. The molecule has 0 aliphatic carbocycles. The number of carbonyl (C=O) groups excluding carboxylic acids is 1. The molecular weight excluding hydrogens is 238 g/mol. The van der Waals surface area contributed by atoms with Crippen molar-refractivity contribution in [3.63, 3.8) is 0 Å². The molecule has 1 aromatic rings. The SMILES string of the molecule is CC1CN(C)CCN1C(=O)C(CN)c1ccccc1. The molecule has 19 heavy (non-hydrogen) atoms. The molecule has 0 bridgehead atoms. The molecule has 1 saturated heterocycles. The van der Waals surface area contributed by atoms with Crippen molar-refractivity contribution in [1.29, 1.82) is 0 Å². The van der Waals surface area contributed by atoms with Gasteiger partial charge in [-0.3, -0.25) is 4.79 Å². The van der Waals surface area contributed by atoms with Gasteiger partial charge in [0.2, 0.25) is 5.91 Å². The van der Waals surface area contributed by atoms with Crippen LogP contribution in [0.1, 0.15) is 18.4 Å². The summed E-state index contributed by atoms with van der Waals surface area (Å²) in [5.74, 6) is -0.0543. The van der Waals surface area contributed by atoms with Crippen LogP contribution in [0.2, 0.25) is 0 Å². The molecule has 1 heterocycles. The molecule has 0 radical (unpaired) electrons. The van der Waals surface area contributed by atoms with Crippen molar-refractivity contribution in [1.82, 2.24) is 9.80 Å². The van der Waals surface area contributed by atoms with Crippen molar-refractivity contribution >= 4 is 5.91 Å². The summed E-state index contributed by atoms with van der Waals surface area (Å²) in [5.41, 5.74) is 6.84. The minimum Gasteiger partial charge on any atom is -0.337 e. The van der Waals surface area contributed by atoms with E-state index < -0.39 is 0 Å². The number of hydrogen-bond acceptors (Lipinski definition) is 3. The van der Waals surface area contributed by atoms with Crippen molar-refractivity contribution in [2.24, 2.45) is 5.73 Å². The van der Waals surface area contributed by atoms with E-state index in [0.717, 1.165) is 25.2 Å². The Labute approximate surface area is 115 Å². The fraction of sp³-hybridized carbons (Fsp3) is 0.533. The molecule has 4 nitrogen and oxygen atoms in total. The van der Waals surface area contributed by atoms with Crippen LogP contribution in [-0.4, -0.2) is 55.0 Å². The Balaban J connectivity index is 2.13. The molecule has 4 heteroatoms. The van der Waals surface area contributed by atoms with E-state index in [-0.39, 0.29) is 17.9 Å². The van der Waals surface area contributed by atoms with Gasteiger partial charge in [-0.15, -0.1) is 0 Å². The van der Waals surface area contributed by atoms with Crippen molar-refractivity contribution in [3.05, 3.63) is 35.9 Å². The molecule has 0 spiro atoms. The summed E-state index contributed by atoms with van der Waals surface area (Å²) < 4.78 is 0. The van der Waals surface area contributed by atoms with Crippen molar-refractivity contribution in [2.75, 3.05) is 33.2 Å². The van der Waals surface area contributed by atoms with Crippen molar-refractivity contribution in [3.8, 4) is 0 Å². The van der Waals surface area contributed by atoms with Crippen LogP contribution >= 0.6 is 0 Å². The second-order valence-corrected chi connectivity index (χ2v) is 5.34. The lowest BCUT2D eigenvalue weighted by Gasteiger charge is -2.39. The van der Waals surface area contributed by atoms with Gasteiger partial charge in [0.15, 0.2) is 0 Å². The Morgan fingerprint density at radius 2 is 2.05 bits per heavy atom. The van der Waals surface area contributed by atoms with Crippen LogP contribution in [0.5, 0.6) is 0 Å². The summed E-state index contributed by atoms with van der Waals surface area (Å²) in [7, 11) is 2.09. The van der Waals surface area contributed by atoms with Crippen molar-refractivity contribution in [2.45, 2.75) is 18.9 Å². The second kappa shape index (κ2) is 6.17. The van der Waals surface area contributed by atoms with E-state index in [2.05, 4.69) is 18.9 Å². The van der Waals surface area contributed by atoms with Crippen LogP contribution < -0.4 is 5.73 Å². The van der Waals surface area contributed by atoms with E-state index in [4.69, 9.17) is 5.73 Å². The zero-order chi connectivity index (χ0) is 13.8. The molecule has 0 saturated carbocycles. The third-order valence-corrected chi connectivity index (χ3v) is 3.85. The fourth-order valence-electron chi connectivity index (χ4n) is 2.73. The topological polar surface area (TPSA) is 49.6 Å². The summed E-state index contributed by atoms with van der Waals surface area (Å²) in [5, 5.41) is 0. The summed E-state index contributed by atoms with van der Waals surface area (Å²) in [6.07, 6.45) is 0. The van der Waals surface area contributed by atoms with E-state index in [0.29, 0.717) is 6.54 Å². The number of carbonyl (C=O) groups is 1. The highest BCUT2D eigenvalue weighted by Crippen LogP contribution is 2.20. The Kier molecular flexibility index (Phi) is 4.56. The van der Waals surface area contributed by atoms with E-state index in [1.54, 1.807) is 0 Å². The molecule has 1 aliphatic rings. The molecule has 1 aliphatic heterocycles. The molecule has 1 amide bonds. The Hall–Kier alpha value is -1.39. The largest absolute Gasteiger partial charge is 0.337 e. The Morgan fingerprint density at radius 3 is 2.63 bits per heavy atom. The first-order chi connectivity index (χ1) is 9.13. The molecule has 0 aromatic heterocycles. The molecule has 104 valence electrons. The molecule has 2 atom stereocenters. The third-order valence-electron chi connectivity index (χ3n) is 3.85. The van der Waals surface area contributed by atoms with Crippen LogP contribution in [-0.2, 0) is 4.79 Å². The van der Waals surface area contributed by atoms with Gasteiger partial charge in [-0.1, -0.05) is 30.3 Å². The van der Waals surface area contributed by atoms with Gasteiger partial charge in [-0.05, 0) is 19.5 Å². The van der Waals surface area contributed by atoms with Gasteiger partial charge in [0.1, 0.15) is 0 Å². The minimum atomic E-state index is -0.216. The summed E-state index contributed by atoms with van der Waals surface area (Å²) >= 11 is 0. The molecule has 2 rings (SSSR count). The van der Waals surface area contributed by atoms with Gasteiger partial charge < -0.3 is 15.5 Å². The summed E-state index contributed by atoms with van der Waals surface area (Å²) in [6, 6.07) is 10.1. The van der Waals surface area contributed by atoms with E-state index in [1.165, 1.54) is 0 Å². The predicted molar refractivity (Wildman–Crippen MR) is 76.9 cm³/mol. The van der Waals surface area contributed by atoms with Gasteiger partial charge in [-0.25, -0.2) is 0 Å². The standard InChI is InChI=1S/C15H23N3O/c1-12-11-17(2)8-9-18(12)15(19)14(10-16)13-6-4-3-5-7-13/h3-7,12,14H,8-11,16H2,1-2H3. The van der Waals surface area contributed by atoms with E-state index in [1.807, 2.05) is 35.2 Å². The molecular formula is C15H23N3O. The number of piperazine rings is 1. The van der Waals surface area contributed by atoms with Crippen LogP contribution in [0.3, 0.4) is 0 Å². The maximum Gasteiger partial charge on any atom is 0.231 e. The maximum atomic E-state index is 12.7. The Morgan fingerprint density at radius 1 is 1.37 bits per heavy atom. The van der Waals surface area contributed by atoms with Crippen LogP contribution in [0.25, 0.3) is 0 Å². The van der Waals surface area contributed by atoms with Gasteiger partial charge in [0.25, 0.3) is 0 Å². The quantitative estimate of drug-likeness (QED) is 0.879. The van der Waals surface area contributed by atoms with Crippen LogP contribution in [0.4, 0.5) is 0 Å². The van der Waals surface area contributed by atoms with Gasteiger partial charge in [0, 0.05) is 32.2 Å². The van der Waals surface area contributed by atoms with Gasteiger partial charge in [-0.2, -0.15) is 0 Å². The highest BCUT2D eigenvalue weighted by Gasteiger charge is 2.30. The third kappa shape index (κ3) is 3.14. The first kappa shape index (κ1) is 14.0. The lowest BCUT2D eigenvalue weighted by atomic mass is 9.96. The number of benzene rings is 1. The zero-order valence-corrected chi connectivity index (χ0v) is 11.7. The fourth-order valence-corrected chi connectivity index (χ4v) is 2.73. The summed E-state index contributed by atoms with van der Waals surface area (Å²) in [6.45, 7) is 5.12. The number of likely N-dealkylation sites (N-methyl/N-ethyl adjacent to an activating group) is 1. The Bertz CT molecular complexity index is 421. The number of nitrogens with two attached hydrogens (primary N) is 1. The smallest absolute Gasteiger partial charge is 0.231 e.